The van der Waals surface area contributed by atoms with Gasteiger partial charge in [-0.05, 0) is 23.6 Å². The van der Waals surface area contributed by atoms with Crippen LogP contribution in [-0.2, 0) is 0 Å². The zero-order chi connectivity index (χ0) is 10.7. The fraction of sp³-hybridized carbons (Fsp3) is 0. The number of carbonyl (C=O) groups excluding carboxylic acids is 1. The molecular formula is C11H9NO2S. The van der Waals surface area contributed by atoms with Crippen molar-refractivity contribution in [3.05, 3.63) is 47.3 Å². The minimum absolute atomic E-state index is 0.417. The summed E-state index contributed by atoms with van der Waals surface area (Å²) >= 11 is 1.32. The van der Waals surface area contributed by atoms with E-state index in [1.54, 1.807) is 35.7 Å². The minimum Gasteiger partial charge on any atom is -0.423 e. The fourth-order valence-electron chi connectivity index (χ4n) is 1.14. The predicted octanol–water partition coefficient (Wildman–Crippen LogP) is 2.55. The van der Waals surface area contributed by atoms with Crippen molar-refractivity contribution in [2.24, 2.45) is 0 Å². The molecule has 0 aliphatic heterocycles. The van der Waals surface area contributed by atoms with Crippen LogP contribution in [0.15, 0.2) is 41.8 Å². The van der Waals surface area contributed by atoms with Crippen LogP contribution in [0.5, 0.6) is 5.75 Å². The van der Waals surface area contributed by atoms with Crippen LogP contribution in [0.25, 0.3) is 0 Å². The number of nitrogen functional groups attached to an aromatic ring is 1. The van der Waals surface area contributed by atoms with Crippen molar-refractivity contribution < 1.29 is 9.53 Å². The molecule has 76 valence electrons. The van der Waals surface area contributed by atoms with Gasteiger partial charge in [-0.3, -0.25) is 0 Å². The maximum Gasteiger partial charge on any atom is 0.346 e. The fourth-order valence-corrected chi connectivity index (χ4v) is 1.77. The van der Waals surface area contributed by atoms with Crippen LogP contribution in [0.4, 0.5) is 5.00 Å². The second-order valence-corrected chi connectivity index (χ2v) is 3.85. The third-order valence-corrected chi connectivity index (χ3v) is 2.61. The van der Waals surface area contributed by atoms with Crippen LogP contribution in [0, 0.1) is 0 Å². The molecule has 0 amide bonds. The number of thiophene rings is 1. The Morgan fingerprint density at radius 3 is 2.53 bits per heavy atom. The van der Waals surface area contributed by atoms with E-state index in [0.717, 1.165) is 0 Å². The first-order valence-electron chi connectivity index (χ1n) is 4.37. The van der Waals surface area contributed by atoms with Gasteiger partial charge in [0.2, 0.25) is 0 Å². The van der Waals surface area contributed by atoms with Gasteiger partial charge < -0.3 is 10.5 Å². The Bertz CT molecular complexity index is 464. The van der Waals surface area contributed by atoms with E-state index in [9.17, 15) is 4.79 Å². The number of hydrogen-bond donors (Lipinski definition) is 1. The molecular weight excluding hydrogens is 210 g/mol. The number of hydrogen-bond acceptors (Lipinski definition) is 4. The Balaban J connectivity index is 2.15. The van der Waals surface area contributed by atoms with Crippen LogP contribution in [0.3, 0.4) is 0 Å². The van der Waals surface area contributed by atoms with Crippen molar-refractivity contribution in [3.8, 4) is 5.75 Å². The second-order valence-electron chi connectivity index (χ2n) is 2.90. The van der Waals surface area contributed by atoms with Crippen molar-refractivity contribution in [2.75, 3.05) is 5.73 Å². The molecule has 4 heteroatoms. The number of para-hydroxylation sites is 1. The largest absolute Gasteiger partial charge is 0.423 e. The van der Waals surface area contributed by atoms with Crippen molar-refractivity contribution in [1.29, 1.82) is 0 Å². The molecule has 1 heterocycles. The summed E-state index contributed by atoms with van der Waals surface area (Å²) in [6.45, 7) is 0. The maximum absolute atomic E-state index is 11.6. The molecule has 3 nitrogen and oxygen atoms in total. The number of nitrogens with two attached hydrogens (primary N) is 1. The summed E-state index contributed by atoms with van der Waals surface area (Å²) < 4.78 is 5.13. The molecule has 0 saturated heterocycles. The van der Waals surface area contributed by atoms with Gasteiger partial charge in [0.1, 0.15) is 10.8 Å². The highest BCUT2D eigenvalue weighted by atomic mass is 32.1. The molecule has 0 aliphatic carbocycles. The van der Waals surface area contributed by atoms with E-state index in [0.29, 0.717) is 16.3 Å². The normalized spacial score (nSPS) is 9.87. The highest BCUT2D eigenvalue weighted by Gasteiger charge is 2.12. The predicted molar refractivity (Wildman–Crippen MR) is 60.1 cm³/mol. The summed E-state index contributed by atoms with van der Waals surface area (Å²) in [5.41, 5.74) is 6.03. The van der Waals surface area contributed by atoms with Crippen molar-refractivity contribution >= 4 is 22.3 Å². The number of rotatable bonds is 2. The van der Waals surface area contributed by atoms with E-state index in [4.69, 9.17) is 10.5 Å². The number of carbonyl (C=O) groups is 1. The monoisotopic (exact) mass is 219 g/mol. The molecule has 2 aromatic rings. The number of benzene rings is 1. The van der Waals surface area contributed by atoms with Gasteiger partial charge in [-0.2, -0.15) is 0 Å². The third kappa shape index (κ3) is 2.16. The number of ether oxygens (including phenoxy) is 1. The summed E-state index contributed by atoms with van der Waals surface area (Å²) in [5, 5.41) is 2.24. The van der Waals surface area contributed by atoms with Crippen LogP contribution >= 0.6 is 11.3 Å². The van der Waals surface area contributed by atoms with Crippen LogP contribution in [-0.4, -0.2) is 5.97 Å². The van der Waals surface area contributed by atoms with Gasteiger partial charge in [-0.25, -0.2) is 4.79 Å². The lowest BCUT2D eigenvalue weighted by Gasteiger charge is -2.02. The van der Waals surface area contributed by atoms with Crippen LogP contribution < -0.4 is 10.5 Å². The van der Waals surface area contributed by atoms with Gasteiger partial charge in [0.15, 0.2) is 0 Å². The lowest BCUT2D eigenvalue weighted by atomic mass is 10.3. The third-order valence-electron chi connectivity index (χ3n) is 1.87. The molecule has 2 rings (SSSR count). The van der Waals surface area contributed by atoms with Gasteiger partial charge in [0.25, 0.3) is 0 Å². The van der Waals surface area contributed by atoms with Gasteiger partial charge in [-0.1, -0.05) is 18.2 Å². The molecule has 0 fully saturated rings. The highest BCUT2D eigenvalue weighted by Crippen LogP contribution is 2.21. The molecule has 0 radical (unpaired) electrons. The lowest BCUT2D eigenvalue weighted by molar-refractivity contribution is 0.0736. The Hall–Kier alpha value is -1.81. The second kappa shape index (κ2) is 4.14. The zero-order valence-corrected chi connectivity index (χ0v) is 8.66. The number of anilines is 1. The van der Waals surface area contributed by atoms with Crippen molar-refractivity contribution in [1.82, 2.24) is 0 Å². The van der Waals surface area contributed by atoms with E-state index < -0.39 is 5.97 Å². The molecule has 2 N–H and O–H groups in total. The molecule has 0 saturated carbocycles. The van der Waals surface area contributed by atoms with E-state index in [1.165, 1.54) is 11.3 Å². The van der Waals surface area contributed by atoms with E-state index in [-0.39, 0.29) is 0 Å². The molecule has 1 aromatic carbocycles. The van der Waals surface area contributed by atoms with E-state index in [1.807, 2.05) is 6.07 Å². The molecule has 0 bridgehead atoms. The smallest absolute Gasteiger partial charge is 0.346 e. The summed E-state index contributed by atoms with van der Waals surface area (Å²) in [6, 6.07) is 10.6. The summed E-state index contributed by atoms with van der Waals surface area (Å²) in [4.78, 5) is 11.6. The average molecular weight is 219 g/mol. The van der Waals surface area contributed by atoms with E-state index >= 15 is 0 Å². The minimum atomic E-state index is -0.417. The summed E-state index contributed by atoms with van der Waals surface area (Å²) in [6.07, 6.45) is 0. The topological polar surface area (TPSA) is 52.3 Å². The molecule has 15 heavy (non-hydrogen) atoms. The summed E-state index contributed by atoms with van der Waals surface area (Å²) in [5.74, 6) is 0.105. The van der Waals surface area contributed by atoms with Crippen LogP contribution in [0.2, 0.25) is 0 Å². The van der Waals surface area contributed by atoms with Gasteiger partial charge in [-0.15, -0.1) is 11.3 Å². The highest BCUT2D eigenvalue weighted by molar-refractivity contribution is 7.14. The quantitative estimate of drug-likeness (QED) is 0.623. The molecule has 0 unspecified atom stereocenters. The molecule has 0 aliphatic rings. The first kappa shape index (κ1) is 9.73. The molecule has 0 atom stereocenters. The van der Waals surface area contributed by atoms with E-state index in [2.05, 4.69) is 0 Å². The van der Waals surface area contributed by atoms with Gasteiger partial charge in [0, 0.05) is 0 Å². The van der Waals surface area contributed by atoms with Crippen LogP contribution in [0.1, 0.15) is 10.4 Å². The lowest BCUT2D eigenvalue weighted by Crippen LogP contribution is -2.08. The Kier molecular flexibility index (Phi) is 2.69. The Labute approximate surface area is 91.1 Å². The maximum atomic E-state index is 11.6. The first-order chi connectivity index (χ1) is 7.27. The summed E-state index contributed by atoms with van der Waals surface area (Å²) in [7, 11) is 0. The number of esters is 1. The van der Waals surface area contributed by atoms with Gasteiger partial charge in [0.05, 0.1) is 5.56 Å². The molecule has 1 aromatic heterocycles. The average Bonchev–Trinajstić information content (AvgIpc) is 2.66. The first-order valence-corrected chi connectivity index (χ1v) is 5.25. The van der Waals surface area contributed by atoms with Crippen molar-refractivity contribution in [3.63, 3.8) is 0 Å². The van der Waals surface area contributed by atoms with Gasteiger partial charge >= 0.3 is 5.97 Å². The SMILES string of the molecule is Nc1sccc1C(=O)Oc1ccccc1. The zero-order valence-electron chi connectivity index (χ0n) is 7.84. The Morgan fingerprint density at radius 2 is 1.93 bits per heavy atom. The van der Waals surface area contributed by atoms with Crippen molar-refractivity contribution in [2.45, 2.75) is 0 Å². The molecule has 0 spiro atoms. The Morgan fingerprint density at radius 1 is 1.20 bits per heavy atom. The standard InChI is InChI=1S/C11H9NO2S/c12-10-9(6-7-15-10)11(13)14-8-4-2-1-3-5-8/h1-7H,12H2.